The Bertz CT molecular complexity index is 411. The molecular formula is C15H20ClNO2. The Balaban J connectivity index is 1.71. The van der Waals surface area contributed by atoms with Crippen molar-refractivity contribution in [2.75, 3.05) is 12.4 Å². The minimum absolute atomic E-state index is 0.0188. The second-order valence-electron chi connectivity index (χ2n) is 5.11. The molecule has 1 amide bonds. The topological polar surface area (TPSA) is 38.3 Å². The number of hydrogen-bond donors (Lipinski definition) is 1. The molecule has 2 atom stereocenters. The van der Waals surface area contributed by atoms with E-state index in [1.165, 1.54) is 0 Å². The van der Waals surface area contributed by atoms with E-state index in [2.05, 4.69) is 12.2 Å². The number of fused-ring (bicyclic) bond motifs is 1. The Morgan fingerprint density at radius 2 is 2.32 bits per heavy atom. The van der Waals surface area contributed by atoms with Crippen LogP contribution < -0.4 is 10.1 Å². The van der Waals surface area contributed by atoms with Gasteiger partial charge in [0.15, 0.2) is 6.10 Å². The first-order valence-electron chi connectivity index (χ1n) is 6.79. The molecule has 4 heteroatoms. The largest absolute Gasteiger partial charge is 0.480 e. The van der Waals surface area contributed by atoms with Crippen LogP contribution >= 0.6 is 11.6 Å². The van der Waals surface area contributed by atoms with Crippen molar-refractivity contribution >= 4 is 17.5 Å². The molecule has 0 fully saturated rings. The van der Waals surface area contributed by atoms with Crippen LogP contribution in [-0.2, 0) is 11.2 Å². The van der Waals surface area contributed by atoms with Crippen molar-refractivity contribution in [2.24, 2.45) is 5.92 Å². The van der Waals surface area contributed by atoms with Crippen molar-refractivity contribution in [1.29, 1.82) is 0 Å². The molecule has 0 bridgehead atoms. The third-order valence-electron chi connectivity index (χ3n) is 3.38. The monoisotopic (exact) mass is 281 g/mol. The lowest BCUT2D eigenvalue weighted by atomic mass is 10.1. The lowest BCUT2D eigenvalue weighted by molar-refractivity contribution is -0.127. The summed E-state index contributed by atoms with van der Waals surface area (Å²) in [6.45, 7) is 2.81. The molecule has 1 aromatic rings. The van der Waals surface area contributed by atoms with E-state index < -0.39 is 0 Å². The molecule has 0 saturated carbocycles. The van der Waals surface area contributed by atoms with Crippen molar-refractivity contribution in [1.82, 2.24) is 5.32 Å². The van der Waals surface area contributed by atoms with Crippen LogP contribution in [0.5, 0.6) is 5.75 Å². The van der Waals surface area contributed by atoms with Gasteiger partial charge >= 0.3 is 0 Å². The van der Waals surface area contributed by atoms with Gasteiger partial charge in [0.05, 0.1) is 0 Å². The molecule has 0 aliphatic carbocycles. The third kappa shape index (κ3) is 3.87. The van der Waals surface area contributed by atoms with Gasteiger partial charge in [0.2, 0.25) is 0 Å². The van der Waals surface area contributed by atoms with Gasteiger partial charge in [-0.2, -0.15) is 0 Å². The van der Waals surface area contributed by atoms with Crippen LogP contribution in [0.4, 0.5) is 0 Å². The lowest BCUT2D eigenvalue weighted by Crippen LogP contribution is -2.37. The molecule has 3 nitrogen and oxygen atoms in total. The minimum atomic E-state index is -0.372. The minimum Gasteiger partial charge on any atom is -0.480 e. The number of halogens is 1. The van der Waals surface area contributed by atoms with Crippen molar-refractivity contribution in [3.63, 3.8) is 0 Å². The summed E-state index contributed by atoms with van der Waals surface area (Å²) in [6.07, 6.45) is 2.29. The van der Waals surface area contributed by atoms with Gasteiger partial charge in [-0.15, -0.1) is 11.6 Å². The summed E-state index contributed by atoms with van der Waals surface area (Å²) < 4.78 is 5.63. The molecule has 19 heavy (non-hydrogen) atoms. The number of nitrogens with one attached hydrogen (secondary N) is 1. The number of benzene rings is 1. The Morgan fingerprint density at radius 3 is 3.05 bits per heavy atom. The second-order valence-corrected chi connectivity index (χ2v) is 5.42. The molecule has 2 unspecified atom stereocenters. The summed E-state index contributed by atoms with van der Waals surface area (Å²) >= 11 is 5.74. The lowest BCUT2D eigenvalue weighted by Gasteiger charge is -2.12. The van der Waals surface area contributed by atoms with Gasteiger partial charge < -0.3 is 10.1 Å². The van der Waals surface area contributed by atoms with E-state index in [1.807, 2.05) is 24.3 Å². The smallest absolute Gasteiger partial charge is 0.261 e. The second kappa shape index (κ2) is 6.80. The quantitative estimate of drug-likeness (QED) is 0.643. The van der Waals surface area contributed by atoms with Gasteiger partial charge in [-0.3, -0.25) is 4.79 Å². The maximum Gasteiger partial charge on any atom is 0.261 e. The van der Waals surface area contributed by atoms with E-state index >= 15 is 0 Å². The van der Waals surface area contributed by atoms with Crippen LogP contribution in [0.15, 0.2) is 24.3 Å². The summed E-state index contributed by atoms with van der Waals surface area (Å²) in [5.41, 5.74) is 1.11. The normalized spacial score (nSPS) is 18.5. The number of amides is 1. The fourth-order valence-corrected chi connectivity index (χ4v) is 2.34. The van der Waals surface area contributed by atoms with E-state index in [0.717, 1.165) is 24.2 Å². The summed E-state index contributed by atoms with van der Waals surface area (Å²) in [6, 6.07) is 7.80. The molecule has 1 aliphatic heterocycles. The summed E-state index contributed by atoms with van der Waals surface area (Å²) in [7, 11) is 0. The molecule has 0 spiro atoms. The van der Waals surface area contributed by atoms with Crippen molar-refractivity contribution < 1.29 is 9.53 Å². The first-order valence-corrected chi connectivity index (χ1v) is 7.32. The Kier molecular flexibility index (Phi) is 5.08. The maximum atomic E-state index is 12.0. The number of para-hydroxylation sites is 1. The predicted octanol–water partition coefficient (Wildman–Crippen LogP) is 2.76. The highest BCUT2D eigenvalue weighted by molar-refractivity contribution is 6.18. The van der Waals surface area contributed by atoms with Crippen LogP contribution in [0.2, 0.25) is 0 Å². The number of ether oxygens (including phenoxy) is 1. The van der Waals surface area contributed by atoms with E-state index in [0.29, 0.717) is 24.8 Å². The number of alkyl halides is 1. The third-order valence-corrected chi connectivity index (χ3v) is 3.90. The van der Waals surface area contributed by atoms with Gasteiger partial charge in [0.1, 0.15) is 5.75 Å². The van der Waals surface area contributed by atoms with Gasteiger partial charge in [-0.1, -0.05) is 25.1 Å². The average Bonchev–Trinajstić information content (AvgIpc) is 2.87. The molecule has 0 saturated heterocycles. The number of rotatable bonds is 6. The van der Waals surface area contributed by atoms with E-state index in [9.17, 15) is 4.79 Å². The zero-order chi connectivity index (χ0) is 13.7. The van der Waals surface area contributed by atoms with Crippen molar-refractivity contribution in [3.05, 3.63) is 29.8 Å². The molecule has 0 radical (unpaired) electrons. The Hall–Kier alpha value is -1.22. The highest BCUT2D eigenvalue weighted by atomic mass is 35.5. The average molecular weight is 282 g/mol. The highest BCUT2D eigenvalue weighted by Gasteiger charge is 2.28. The number of carbonyl (C=O) groups excluding carboxylic acids is 1. The van der Waals surface area contributed by atoms with Crippen molar-refractivity contribution in [3.8, 4) is 5.75 Å². The first kappa shape index (κ1) is 14.2. The number of hydrogen-bond acceptors (Lipinski definition) is 2. The Morgan fingerprint density at radius 1 is 1.53 bits per heavy atom. The Labute approximate surface area is 119 Å². The predicted molar refractivity (Wildman–Crippen MR) is 76.7 cm³/mol. The molecule has 1 N–H and O–H groups in total. The van der Waals surface area contributed by atoms with Gasteiger partial charge in [0.25, 0.3) is 5.91 Å². The molecule has 1 aromatic carbocycles. The van der Waals surface area contributed by atoms with Crippen LogP contribution in [0.25, 0.3) is 0 Å². The van der Waals surface area contributed by atoms with Gasteiger partial charge in [-0.25, -0.2) is 0 Å². The van der Waals surface area contributed by atoms with Crippen molar-refractivity contribution in [2.45, 2.75) is 32.3 Å². The van der Waals surface area contributed by atoms with Gasteiger partial charge in [-0.05, 0) is 30.4 Å². The fraction of sp³-hybridized carbons (Fsp3) is 0.533. The van der Waals surface area contributed by atoms with Crippen LogP contribution in [-0.4, -0.2) is 24.4 Å². The summed E-state index contributed by atoms with van der Waals surface area (Å²) in [5.74, 6) is 1.99. The fourth-order valence-electron chi connectivity index (χ4n) is 2.18. The zero-order valence-electron chi connectivity index (χ0n) is 11.2. The van der Waals surface area contributed by atoms with Crippen LogP contribution in [0, 0.1) is 5.92 Å². The van der Waals surface area contributed by atoms with Crippen LogP contribution in [0.3, 0.4) is 0 Å². The maximum absolute atomic E-state index is 12.0. The number of carbonyl (C=O) groups is 1. The molecular weight excluding hydrogens is 262 g/mol. The van der Waals surface area contributed by atoms with E-state index in [1.54, 1.807) is 0 Å². The molecule has 2 rings (SSSR count). The molecule has 104 valence electrons. The summed E-state index contributed by atoms with van der Waals surface area (Å²) in [4.78, 5) is 12.0. The molecule has 0 aromatic heterocycles. The van der Waals surface area contributed by atoms with E-state index in [4.69, 9.17) is 16.3 Å². The standard InChI is InChI=1S/C15H20ClNO2/c1-11(10-16)5-4-8-17-15(18)14-9-12-6-2-3-7-13(12)19-14/h2-3,6-7,11,14H,4-5,8-10H2,1H3,(H,17,18). The van der Waals surface area contributed by atoms with E-state index in [-0.39, 0.29) is 12.0 Å². The zero-order valence-corrected chi connectivity index (χ0v) is 12.0. The SMILES string of the molecule is CC(CCl)CCCNC(=O)C1Cc2ccccc2O1. The molecule has 1 aliphatic rings. The van der Waals surface area contributed by atoms with Gasteiger partial charge in [0, 0.05) is 18.8 Å². The van der Waals surface area contributed by atoms with Crippen LogP contribution in [0.1, 0.15) is 25.3 Å². The highest BCUT2D eigenvalue weighted by Crippen LogP contribution is 2.28. The molecule has 1 heterocycles. The first-order chi connectivity index (χ1) is 9.20. The summed E-state index contributed by atoms with van der Waals surface area (Å²) in [5, 5.41) is 2.93.